The van der Waals surface area contributed by atoms with E-state index in [0.717, 1.165) is 16.3 Å². The summed E-state index contributed by atoms with van der Waals surface area (Å²) in [6.07, 6.45) is 0. The number of urea groups is 1. The standard InChI is InChI=1S/C15H14FN3O2S2/c16-11-3-1-10(2-4-11)14-18-12(9-23-14)8-22-6-5-19-13(20)7-17-15(19)21/h1-4,9H,5-8H2,(H,17,21). The van der Waals surface area contributed by atoms with Gasteiger partial charge in [-0.05, 0) is 24.3 Å². The van der Waals surface area contributed by atoms with Crippen LogP contribution in [-0.4, -0.2) is 40.7 Å². The van der Waals surface area contributed by atoms with Gasteiger partial charge >= 0.3 is 6.03 Å². The Balaban J connectivity index is 1.49. The second-order valence-corrected chi connectivity index (χ2v) is 6.87. The van der Waals surface area contributed by atoms with Gasteiger partial charge in [0, 0.05) is 29.0 Å². The molecule has 3 rings (SSSR count). The molecule has 0 unspecified atom stereocenters. The third-order valence-corrected chi connectivity index (χ3v) is 5.20. The number of benzene rings is 1. The van der Waals surface area contributed by atoms with E-state index in [1.807, 2.05) is 5.38 Å². The number of thiazole rings is 1. The summed E-state index contributed by atoms with van der Waals surface area (Å²) >= 11 is 3.14. The second kappa shape index (κ2) is 7.10. The molecule has 23 heavy (non-hydrogen) atoms. The molecule has 1 aromatic carbocycles. The zero-order chi connectivity index (χ0) is 16.2. The van der Waals surface area contributed by atoms with Crippen LogP contribution in [0.2, 0.25) is 0 Å². The molecule has 2 heterocycles. The summed E-state index contributed by atoms with van der Waals surface area (Å²) < 4.78 is 12.9. The van der Waals surface area contributed by atoms with Crippen molar-refractivity contribution >= 4 is 35.0 Å². The number of rotatable bonds is 6. The molecule has 0 aliphatic carbocycles. The average Bonchev–Trinajstić information content (AvgIpc) is 3.13. The highest BCUT2D eigenvalue weighted by molar-refractivity contribution is 7.98. The lowest BCUT2D eigenvalue weighted by Crippen LogP contribution is -2.32. The summed E-state index contributed by atoms with van der Waals surface area (Å²) in [5.41, 5.74) is 1.84. The molecule has 0 atom stereocenters. The minimum absolute atomic E-state index is 0.0939. The van der Waals surface area contributed by atoms with Crippen molar-refractivity contribution in [1.82, 2.24) is 15.2 Å². The number of imide groups is 1. The molecule has 0 radical (unpaired) electrons. The van der Waals surface area contributed by atoms with Crippen LogP contribution >= 0.6 is 23.1 Å². The molecule has 0 saturated carbocycles. The summed E-state index contributed by atoms with van der Waals surface area (Å²) in [4.78, 5) is 28.6. The van der Waals surface area contributed by atoms with Gasteiger partial charge in [-0.25, -0.2) is 14.2 Å². The SMILES string of the molecule is O=C1CNC(=O)N1CCSCc1csc(-c2ccc(F)cc2)n1. The van der Waals surface area contributed by atoms with Crippen LogP contribution in [0.25, 0.3) is 10.6 Å². The van der Waals surface area contributed by atoms with Crippen LogP contribution in [0.3, 0.4) is 0 Å². The molecule has 0 bridgehead atoms. The summed E-state index contributed by atoms with van der Waals surface area (Å²) in [7, 11) is 0. The van der Waals surface area contributed by atoms with Gasteiger partial charge in [-0.15, -0.1) is 11.3 Å². The molecule has 1 aliphatic heterocycles. The molecule has 120 valence electrons. The predicted octanol–water partition coefficient (Wildman–Crippen LogP) is 2.73. The number of halogens is 1. The van der Waals surface area contributed by atoms with Gasteiger partial charge in [-0.3, -0.25) is 9.69 Å². The Kier molecular flexibility index (Phi) is 4.92. The van der Waals surface area contributed by atoms with Crippen LogP contribution in [-0.2, 0) is 10.5 Å². The van der Waals surface area contributed by atoms with Crippen molar-refractivity contribution < 1.29 is 14.0 Å². The third-order valence-electron chi connectivity index (χ3n) is 3.29. The maximum absolute atomic E-state index is 12.9. The first-order valence-electron chi connectivity index (χ1n) is 7.00. The molecule has 1 saturated heterocycles. The van der Waals surface area contributed by atoms with E-state index >= 15 is 0 Å². The van der Waals surface area contributed by atoms with Crippen molar-refractivity contribution in [2.24, 2.45) is 0 Å². The van der Waals surface area contributed by atoms with Crippen LogP contribution in [0.4, 0.5) is 9.18 Å². The molecular formula is C15H14FN3O2S2. The van der Waals surface area contributed by atoms with Gasteiger partial charge in [-0.2, -0.15) is 11.8 Å². The van der Waals surface area contributed by atoms with Gasteiger partial charge < -0.3 is 5.32 Å². The number of thioether (sulfide) groups is 1. The minimum Gasteiger partial charge on any atom is -0.329 e. The van der Waals surface area contributed by atoms with Crippen LogP contribution in [0, 0.1) is 5.82 Å². The maximum Gasteiger partial charge on any atom is 0.324 e. The van der Waals surface area contributed by atoms with Crippen molar-refractivity contribution in [3.8, 4) is 10.6 Å². The van der Waals surface area contributed by atoms with Gasteiger partial charge in [0.2, 0.25) is 5.91 Å². The molecule has 8 heteroatoms. The zero-order valence-electron chi connectivity index (χ0n) is 12.1. The lowest BCUT2D eigenvalue weighted by molar-refractivity contribution is -0.124. The van der Waals surface area contributed by atoms with Crippen LogP contribution in [0.5, 0.6) is 0 Å². The fraction of sp³-hybridized carbons (Fsp3) is 0.267. The molecule has 1 aliphatic rings. The molecule has 1 N–H and O–H groups in total. The van der Waals surface area contributed by atoms with Crippen molar-refractivity contribution in [2.45, 2.75) is 5.75 Å². The van der Waals surface area contributed by atoms with E-state index in [-0.39, 0.29) is 24.3 Å². The minimum atomic E-state index is -0.317. The van der Waals surface area contributed by atoms with Gasteiger partial charge in [0.15, 0.2) is 0 Å². The molecule has 3 amide bonds. The normalized spacial score (nSPS) is 14.4. The van der Waals surface area contributed by atoms with E-state index in [4.69, 9.17) is 0 Å². The first-order chi connectivity index (χ1) is 11.1. The second-order valence-electron chi connectivity index (χ2n) is 4.91. The van der Waals surface area contributed by atoms with E-state index in [1.165, 1.54) is 28.4 Å². The first-order valence-corrected chi connectivity index (χ1v) is 9.03. The Hall–Kier alpha value is -1.93. The topological polar surface area (TPSA) is 62.3 Å². The highest BCUT2D eigenvalue weighted by Crippen LogP contribution is 2.25. The van der Waals surface area contributed by atoms with E-state index < -0.39 is 0 Å². The molecular weight excluding hydrogens is 337 g/mol. The zero-order valence-corrected chi connectivity index (χ0v) is 13.8. The molecule has 2 aromatic rings. The van der Waals surface area contributed by atoms with Crippen molar-refractivity contribution in [3.05, 3.63) is 41.2 Å². The Morgan fingerprint density at radius 1 is 1.30 bits per heavy atom. The number of nitrogens with one attached hydrogen (secondary N) is 1. The Bertz CT molecular complexity index is 702. The fourth-order valence-corrected chi connectivity index (χ4v) is 3.86. The van der Waals surface area contributed by atoms with Gasteiger partial charge in [0.05, 0.1) is 12.2 Å². The van der Waals surface area contributed by atoms with Gasteiger partial charge in [0.25, 0.3) is 0 Å². The summed E-state index contributed by atoms with van der Waals surface area (Å²) in [6, 6.07) is 5.94. The summed E-state index contributed by atoms with van der Waals surface area (Å²) in [5.74, 6) is 0.939. The molecule has 1 aromatic heterocycles. The number of carbonyl (C=O) groups excluding carboxylic acids is 2. The lowest BCUT2D eigenvalue weighted by Gasteiger charge is -2.11. The number of amides is 3. The lowest BCUT2D eigenvalue weighted by atomic mass is 10.2. The predicted molar refractivity (Wildman–Crippen MR) is 88.8 cm³/mol. The highest BCUT2D eigenvalue weighted by Gasteiger charge is 2.27. The van der Waals surface area contributed by atoms with Gasteiger partial charge in [0.1, 0.15) is 10.8 Å². The Morgan fingerprint density at radius 3 is 2.78 bits per heavy atom. The molecule has 0 spiro atoms. The first kappa shape index (κ1) is 15.9. The van der Waals surface area contributed by atoms with E-state index in [9.17, 15) is 14.0 Å². The molecule has 5 nitrogen and oxygen atoms in total. The van der Waals surface area contributed by atoms with Crippen molar-refractivity contribution in [3.63, 3.8) is 0 Å². The highest BCUT2D eigenvalue weighted by atomic mass is 32.2. The van der Waals surface area contributed by atoms with E-state index in [0.29, 0.717) is 18.1 Å². The fourth-order valence-electron chi connectivity index (χ4n) is 2.11. The number of aromatic nitrogens is 1. The van der Waals surface area contributed by atoms with Gasteiger partial charge in [-0.1, -0.05) is 0 Å². The molecule has 1 fully saturated rings. The van der Waals surface area contributed by atoms with E-state index in [1.54, 1.807) is 23.9 Å². The third kappa shape index (κ3) is 3.89. The Morgan fingerprint density at radius 2 is 2.09 bits per heavy atom. The monoisotopic (exact) mass is 351 g/mol. The van der Waals surface area contributed by atoms with Crippen LogP contribution < -0.4 is 5.32 Å². The number of nitrogens with zero attached hydrogens (tertiary/aromatic N) is 2. The average molecular weight is 351 g/mol. The van der Waals surface area contributed by atoms with E-state index in [2.05, 4.69) is 10.3 Å². The largest absolute Gasteiger partial charge is 0.329 e. The Labute approximate surface area is 140 Å². The number of hydrogen-bond acceptors (Lipinski definition) is 5. The van der Waals surface area contributed by atoms with Crippen molar-refractivity contribution in [1.29, 1.82) is 0 Å². The number of hydrogen-bond donors (Lipinski definition) is 1. The quantitative estimate of drug-likeness (QED) is 0.642. The number of carbonyl (C=O) groups is 2. The summed E-state index contributed by atoms with van der Waals surface area (Å²) in [6.45, 7) is 0.501. The maximum atomic E-state index is 12.9. The smallest absolute Gasteiger partial charge is 0.324 e. The van der Waals surface area contributed by atoms with Crippen molar-refractivity contribution in [2.75, 3.05) is 18.8 Å². The van der Waals surface area contributed by atoms with Crippen LogP contribution in [0.1, 0.15) is 5.69 Å². The summed E-state index contributed by atoms with van der Waals surface area (Å²) in [5, 5.41) is 5.32. The van der Waals surface area contributed by atoms with Crippen LogP contribution in [0.15, 0.2) is 29.6 Å².